The van der Waals surface area contributed by atoms with E-state index >= 15 is 0 Å². The predicted molar refractivity (Wildman–Crippen MR) is 88.4 cm³/mol. The highest BCUT2D eigenvalue weighted by Gasteiger charge is 2.37. The van der Waals surface area contributed by atoms with Crippen LogP contribution in [0.3, 0.4) is 0 Å². The van der Waals surface area contributed by atoms with Crippen molar-refractivity contribution in [2.45, 2.75) is 6.42 Å². The number of anilines is 1. The highest BCUT2D eigenvalue weighted by Crippen LogP contribution is 2.24. The number of carbonyl (C=O) groups excluding carboxylic acids is 3. The normalized spacial score (nSPS) is 13.9. The smallest absolute Gasteiger partial charge is 0.395 e. The largest absolute Gasteiger partial charge is 0.433 e. The molecular formula is C14H13N5O6S. The van der Waals surface area contributed by atoms with Crippen molar-refractivity contribution < 1.29 is 23.7 Å². The summed E-state index contributed by atoms with van der Waals surface area (Å²) >= 11 is 1.17. The van der Waals surface area contributed by atoms with E-state index in [1.54, 1.807) is 5.38 Å². The second-order valence-electron chi connectivity index (χ2n) is 5.58. The van der Waals surface area contributed by atoms with Crippen LogP contribution in [0.25, 0.3) is 0 Å². The van der Waals surface area contributed by atoms with Gasteiger partial charge in [0.2, 0.25) is 11.8 Å². The zero-order chi connectivity index (χ0) is 18.8. The minimum Gasteiger partial charge on any atom is -0.395 e. The van der Waals surface area contributed by atoms with Crippen molar-refractivity contribution in [2.24, 2.45) is 11.7 Å². The van der Waals surface area contributed by atoms with Crippen molar-refractivity contribution in [3.8, 4) is 0 Å². The van der Waals surface area contributed by atoms with E-state index < -0.39 is 28.5 Å². The lowest BCUT2D eigenvalue weighted by molar-refractivity contribution is -0.402. The fourth-order valence-electron chi connectivity index (χ4n) is 2.34. The molecule has 1 saturated heterocycles. The van der Waals surface area contributed by atoms with Crippen LogP contribution in [-0.2, 0) is 16.0 Å². The topological polar surface area (TPSA) is 162 Å². The van der Waals surface area contributed by atoms with E-state index in [0.717, 1.165) is 6.07 Å². The third kappa shape index (κ3) is 3.69. The molecule has 11 nitrogen and oxygen atoms in total. The van der Waals surface area contributed by atoms with Gasteiger partial charge < -0.3 is 20.4 Å². The number of amides is 3. The average Bonchev–Trinajstić information content (AvgIpc) is 3.14. The van der Waals surface area contributed by atoms with Crippen LogP contribution >= 0.6 is 11.3 Å². The molecule has 3 amide bonds. The monoisotopic (exact) mass is 379 g/mol. The number of nitrogens with two attached hydrogens (primary N) is 1. The summed E-state index contributed by atoms with van der Waals surface area (Å²) in [5.41, 5.74) is 5.55. The minimum atomic E-state index is -0.732. The molecule has 0 atom stereocenters. The van der Waals surface area contributed by atoms with Gasteiger partial charge in [-0.25, -0.2) is 4.98 Å². The van der Waals surface area contributed by atoms with Gasteiger partial charge in [-0.2, -0.15) is 0 Å². The Kier molecular flexibility index (Phi) is 4.67. The van der Waals surface area contributed by atoms with Crippen molar-refractivity contribution >= 4 is 40.1 Å². The predicted octanol–water partition coefficient (Wildman–Crippen LogP) is 0.383. The van der Waals surface area contributed by atoms with Gasteiger partial charge in [0.1, 0.15) is 4.92 Å². The van der Waals surface area contributed by atoms with Gasteiger partial charge in [-0.3, -0.25) is 24.5 Å². The van der Waals surface area contributed by atoms with Gasteiger partial charge in [-0.15, -0.1) is 11.3 Å². The Morgan fingerprint density at radius 3 is 2.77 bits per heavy atom. The number of nitro groups is 1. The molecule has 3 N–H and O–H groups in total. The average molecular weight is 379 g/mol. The maximum atomic E-state index is 12.1. The van der Waals surface area contributed by atoms with Crippen LogP contribution in [0, 0.1) is 16.0 Å². The Labute approximate surface area is 149 Å². The Balaban J connectivity index is 1.51. The summed E-state index contributed by atoms with van der Waals surface area (Å²) in [4.78, 5) is 50.4. The maximum Gasteiger partial charge on any atom is 0.433 e. The van der Waals surface area contributed by atoms with Gasteiger partial charge in [0.05, 0.1) is 24.1 Å². The second kappa shape index (κ2) is 6.92. The molecule has 3 heterocycles. The summed E-state index contributed by atoms with van der Waals surface area (Å²) in [6.07, 6.45) is -0.00658. The lowest BCUT2D eigenvalue weighted by atomic mass is 9.99. The zero-order valence-electron chi connectivity index (χ0n) is 13.2. The number of carbonyl (C=O) groups is 3. The van der Waals surface area contributed by atoms with Crippen molar-refractivity contribution in [1.29, 1.82) is 0 Å². The number of likely N-dealkylation sites (tertiary alicyclic amines) is 1. The lowest BCUT2D eigenvalue weighted by Gasteiger charge is -2.37. The second-order valence-corrected chi connectivity index (χ2v) is 6.44. The first-order valence-electron chi connectivity index (χ1n) is 7.40. The van der Waals surface area contributed by atoms with Gasteiger partial charge in [-0.05, 0) is 6.07 Å². The van der Waals surface area contributed by atoms with Crippen LogP contribution in [0.15, 0.2) is 21.9 Å². The van der Waals surface area contributed by atoms with Crippen LogP contribution in [0.5, 0.6) is 0 Å². The summed E-state index contributed by atoms with van der Waals surface area (Å²) in [5.74, 6) is -2.42. The van der Waals surface area contributed by atoms with Crippen LogP contribution in [-0.4, -0.2) is 45.6 Å². The fourth-order valence-corrected chi connectivity index (χ4v) is 3.05. The van der Waals surface area contributed by atoms with Crippen molar-refractivity contribution in [2.75, 3.05) is 18.4 Å². The molecule has 0 aromatic carbocycles. The molecule has 3 rings (SSSR count). The summed E-state index contributed by atoms with van der Waals surface area (Å²) in [5, 5.41) is 15.2. The molecular weight excluding hydrogens is 366 g/mol. The Morgan fingerprint density at radius 2 is 2.15 bits per heavy atom. The van der Waals surface area contributed by atoms with E-state index in [1.807, 2.05) is 0 Å². The van der Waals surface area contributed by atoms with Crippen molar-refractivity contribution in [1.82, 2.24) is 9.88 Å². The molecule has 0 spiro atoms. The van der Waals surface area contributed by atoms with Crippen LogP contribution in [0.4, 0.5) is 11.0 Å². The number of nitrogens with one attached hydrogen (secondary N) is 1. The van der Waals surface area contributed by atoms with E-state index in [2.05, 4.69) is 10.3 Å². The van der Waals surface area contributed by atoms with Gasteiger partial charge in [0.25, 0.3) is 5.91 Å². The van der Waals surface area contributed by atoms with Gasteiger partial charge in [0, 0.05) is 18.5 Å². The number of primary amides is 1. The SMILES string of the molecule is NC(=O)Cc1csc(NC(=O)C2CN(C(=O)c3ccc([N+](=O)[O-])o3)C2)n1. The molecule has 0 bridgehead atoms. The molecule has 1 aliphatic heterocycles. The van der Waals surface area contributed by atoms with E-state index in [1.165, 1.54) is 22.3 Å². The van der Waals surface area contributed by atoms with E-state index in [9.17, 15) is 24.5 Å². The first kappa shape index (κ1) is 17.5. The van der Waals surface area contributed by atoms with Crippen LogP contribution < -0.4 is 11.1 Å². The molecule has 1 fully saturated rings. The maximum absolute atomic E-state index is 12.1. The first-order chi connectivity index (χ1) is 12.3. The van der Waals surface area contributed by atoms with Gasteiger partial charge >= 0.3 is 5.88 Å². The molecule has 0 radical (unpaired) electrons. The third-order valence-electron chi connectivity index (χ3n) is 3.66. The Morgan fingerprint density at radius 1 is 1.42 bits per heavy atom. The fraction of sp³-hybridized carbons (Fsp3) is 0.286. The van der Waals surface area contributed by atoms with Crippen LogP contribution in [0.2, 0.25) is 0 Å². The number of aromatic nitrogens is 1. The highest BCUT2D eigenvalue weighted by molar-refractivity contribution is 7.13. The van der Waals surface area contributed by atoms with E-state index in [4.69, 9.17) is 10.2 Å². The number of rotatable bonds is 6. The summed E-state index contributed by atoms with van der Waals surface area (Å²) in [6, 6.07) is 2.33. The van der Waals surface area contributed by atoms with Gasteiger partial charge in [0.15, 0.2) is 10.9 Å². The quantitative estimate of drug-likeness (QED) is 0.541. The van der Waals surface area contributed by atoms with Gasteiger partial charge in [-0.1, -0.05) is 0 Å². The zero-order valence-corrected chi connectivity index (χ0v) is 14.0. The standard InChI is InChI=1S/C14H13N5O6S/c15-10(20)3-8-6-26-14(16-8)17-12(21)7-4-18(5-7)13(22)9-1-2-11(25-9)19(23)24/h1-2,6-7H,3-5H2,(H2,15,20)(H,16,17,21). The third-order valence-corrected chi connectivity index (χ3v) is 4.47. The molecule has 0 unspecified atom stereocenters. The number of hydrogen-bond donors (Lipinski definition) is 2. The molecule has 12 heteroatoms. The molecule has 26 heavy (non-hydrogen) atoms. The number of hydrogen-bond acceptors (Lipinski definition) is 8. The highest BCUT2D eigenvalue weighted by atomic mass is 32.1. The Bertz CT molecular complexity index is 884. The molecule has 2 aromatic rings. The summed E-state index contributed by atoms with van der Waals surface area (Å²) < 4.78 is 4.85. The summed E-state index contributed by atoms with van der Waals surface area (Å²) in [7, 11) is 0. The molecule has 1 aliphatic rings. The molecule has 0 saturated carbocycles. The van der Waals surface area contributed by atoms with E-state index in [-0.39, 0.29) is 31.2 Å². The first-order valence-corrected chi connectivity index (χ1v) is 8.28. The van der Waals surface area contributed by atoms with Crippen LogP contribution in [0.1, 0.15) is 16.2 Å². The lowest BCUT2D eigenvalue weighted by Crippen LogP contribution is -2.54. The summed E-state index contributed by atoms with van der Waals surface area (Å²) in [6.45, 7) is 0.331. The van der Waals surface area contributed by atoms with Crippen molar-refractivity contribution in [3.63, 3.8) is 0 Å². The Hall–Kier alpha value is -3.28. The number of thiazole rings is 1. The molecule has 2 aromatic heterocycles. The molecule has 0 aliphatic carbocycles. The molecule has 136 valence electrons. The number of nitrogens with zero attached hydrogens (tertiary/aromatic N) is 3. The van der Waals surface area contributed by atoms with Crippen molar-refractivity contribution in [3.05, 3.63) is 39.1 Å². The van der Waals surface area contributed by atoms with E-state index in [0.29, 0.717) is 10.8 Å². The minimum absolute atomic E-state index is 0.00658. The number of furan rings is 1.